The summed E-state index contributed by atoms with van der Waals surface area (Å²) in [6.07, 6.45) is 0.859. The van der Waals surface area contributed by atoms with Gasteiger partial charge in [0.2, 0.25) is 0 Å². The number of halogens is 1. The van der Waals surface area contributed by atoms with Gasteiger partial charge in [-0.1, -0.05) is 48.0 Å². The van der Waals surface area contributed by atoms with Crippen molar-refractivity contribution in [2.45, 2.75) is 34.0 Å². The molecule has 0 bridgehead atoms. The fourth-order valence-corrected chi connectivity index (χ4v) is 2.14. The molecule has 0 atom stereocenters. The first-order valence-corrected chi connectivity index (χ1v) is 7.41. The Morgan fingerprint density at radius 3 is 2.05 bits per heavy atom. The summed E-state index contributed by atoms with van der Waals surface area (Å²) in [5, 5.41) is 0. The van der Waals surface area contributed by atoms with E-state index in [1.165, 1.54) is 13.8 Å². The summed E-state index contributed by atoms with van der Waals surface area (Å²) in [4.78, 5) is 22.5. The third-order valence-electron chi connectivity index (χ3n) is 2.71. The van der Waals surface area contributed by atoms with Gasteiger partial charge in [-0.15, -0.1) is 0 Å². The van der Waals surface area contributed by atoms with Crippen molar-refractivity contribution >= 4 is 33.9 Å². The highest BCUT2D eigenvalue weighted by atomic mass is 79.9. The Morgan fingerprint density at radius 2 is 1.62 bits per heavy atom. The summed E-state index contributed by atoms with van der Waals surface area (Å²) in [5.41, 5.74) is 1.64. The van der Waals surface area contributed by atoms with Crippen LogP contribution in [0, 0.1) is 5.92 Å². The molecule has 0 saturated heterocycles. The first kappa shape index (κ1) is 17.4. The molecule has 0 heterocycles. The SMILES string of the molecule is CC(=O)OC(OC(C)=O)C(=Cc1ccccc1Br)C(C)C. The van der Waals surface area contributed by atoms with Crippen molar-refractivity contribution in [3.05, 3.63) is 39.9 Å². The van der Waals surface area contributed by atoms with Crippen molar-refractivity contribution in [2.24, 2.45) is 5.92 Å². The lowest BCUT2D eigenvalue weighted by atomic mass is 9.99. The Kier molecular flexibility index (Phi) is 6.62. The topological polar surface area (TPSA) is 52.6 Å². The molecule has 21 heavy (non-hydrogen) atoms. The van der Waals surface area contributed by atoms with E-state index in [0.717, 1.165) is 10.0 Å². The average molecular weight is 355 g/mol. The standard InChI is InChI=1S/C16H19BrO4/c1-10(2)14(9-13-7-5-6-8-15(13)17)16(20-11(3)18)21-12(4)19/h5-10,16H,1-4H3. The average Bonchev–Trinajstić information content (AvgIpc) is 2.35. The van der Waals surface area contributed by atoms with Crippen LogP contribution in [0.15, 0.2) is 34.3 Å². The second-order valence-corrected chi connectivity index (χ2v) is 5.73. The van der Waals surface area contributed by atoms with Crippen molar-refractivity contribution in [3.8, 4) is 0 Å². The zero-order valence-corrected chi connectivity index (χ0v) is 14.1. The van der Waals surface area contributed by atoms with Crippen molar-refractivity contribution < 1.29 is 19.1 Å². The lowest BCUT2D eigenvalue weighted by Gasteiger charge is -2.22. The first-order chi connectivity index (χ1) is 9.81. The molecule has 1 aromatic rings. The minimum Gasteiger partial charge on any atom is -0.421 e. The summed E-state index contributed by atoms with van der Waals surface area (Å²) < 4.78 is 11.2. The van der Waals surface area contributed by atoms with E-state index >= 15 is 0 Å². The van der Waals surface area contributed by atoms with E-state index in [0.29, 0.717) is 5.57 Å². The van der Waals surface area contributed by atoms with Gasteiger partial charge in [-0.25, -0.2) is 0 Å². The maximum absolute atomic E-state index is 11.2. The zero-order chi connectivity index (χ0) is 16.0. The van der Waals surface area contributed by atoms with Gasteiger partial charge in [0, 0.05) is 23.9 Å². The van der Waals surface area contributed by atoms with E-state index in [2.05, 4.69) is 15.9 Å². The third-order valence-corrected chi connectivity index (χ3v) is 3.43. The molecule has 0 aliphatic heterocycles. The highest BCUT2D eigenvalue weighted by Crippen LogP contribution is 2.25. The van der Waals surface area contributed by atoms with Gasteiger partial charge in [-0.2, -0.15) is 0 Å². The highest BCUT2D eigenvalue weighted by molar-refractivity contribution is 9.10. The van der Waals surface area contributed by atoms with Gasteiger partial charge in [-0.05, 0) is 23.6 Å². The van der Waals surface area contributed by atoms with Crippen molar-refractivity contribution in [1.82, 2.24) is 0 Å². The predicted octanol–water partition coefficient (Wildman–Crippen LogP) is 3.94. The number of esters is 2. The van der Waals surface area contributed by atoms with Gasteiger partial charge < -0.3 is 9.47 Å². The van der Waals surface area contributed by atoms with Crippen LogP contribution in [0.25, 0.3) is 6.08 Å². The van der Waals surface area contributed by atoms with Gasteiger partial charge in [0.1, 0.15) is 0 Å². The summed E-state index contributed by atoms with van der Waals surface area (Å²) in [5.74, 6) is -0.958. The minimum atomic E-state index is -1.01. The van der Waals surface area contributed by atoms with E-state index in [4.69, 9.17) is 9.47 Å². The highest BCUT2D eigenvalue weighted by Gasteiger charge is 2.23. The first-order valence-electron chi connectivity index (χ1n) is 6.61. The molecule has 114 valence electrons. The molecule has 0 aliphatic rings. The molecular formula is C16H19BrO4. The monoisotopic (exact) mass is 354 g/mol. The summed E-state index contributed by atoms with van der Waals surface area (Å²) in [6.45, 7) is 6.46. The van der Waals surface area contributed by atoms with E-state index in [1.807, 2.05) is 44.2 Å². The number of rotatable bonds is 5. The third kappa shape index (κ3) is 5.71. The van der Waals surface area contributed by atoms with Crippen LogP contribution in [0.4, 0.5) is 0 Å². The summed E-state index contributed by atoms with van der Waals surface area (Å²) in [7, 11) is 0. The second kappa shape index (κ2) is 7.98. The Balaban J connectivity index is 3.20. The number of ether oxygens (including phenoxy) is 2. The molecule has 1 rings (SSSR count). The normalized spacial score (nSPS) is 11.7. The van der Waals surface area contributed by atoms with Crippen LogP contribution in [0.2, 0.25) is 0 Å². The molecule has 1 aromatic carbocycles. The van der Waals surface area contributed by atoms with E-state index < -0.39 is 18.2 Å². The van der Waals surface area contributed by atoms with Gasteiger partial charge in [0.05, 0.1) is 0 Å². The molecule has 0 unspecified atom stereocenters. The number of benzene rings is 1. The van der Waals surface area contributed by atoms with Crippen molar-refractivity contribution in [1.29, 1.82) is 0 Å². The van der Waals surface area contributed by atoms with Gasteiger partial charge in [-0.3, -0.25) is 9.59 Å². The largest absolute Gasteiger partial charge is 0.421 e. The van der Waals surface area contributed by atoms with Crippen LogP contribution in [0.3, 0.4) is 0 Å². The zero-order valence-electron chi connectivity index (χ0n) is 12.6. The molecule has 0 aliphatic carbocycles. The van der Waals surface area contributed by atoms with Crippen LogP contribution < -0.4 is 0 Å². The lowest BCUT2D eigenvalue weighted by molar-refractivity contribution is -0.178. The summed E-state index contributed by atoms with van der Waals surface area (Å²) >= 11 is 3.46. The molecule has 0 aromatic heterocycles. The van der Waals surface area contributed by atoms with E-state index in [-0.39, 0.29) is 5.92 Å². The number of carbonyl (C=O) groups is 2. The fourth-order valence-electron chi connectivity index (χ4n) is 1.74. The molecule has 0 radical (unpaired) electrons. The number of hydrogen-bond acceptors (Lipinski definition) is 4. The maximum Gasteiger partial charge on any atom is 0.305 e. The summed E-state index contributed by atoms with van der Waals surface area (Å²) in [6, 6.07) is 7.65. The Bertz CT molecular complexity index is 533. The van der Waals surface area contributed by atoms with Crippen LogP contribution in [-0.2, 0) is 19.1 Å². The van der Waals surface area contributed by atoms with Crippen molar-refractivity contribution in [3.63, 3.8) is 0 Å². The Morgan fingerprint density at radius 1 is 1.10 bits per heavy atom. The van der Waals surface area contributed by atoms with Crippen LogP contribution >= 0.6 is 15.9 Å². The van der Waals surface area contributed by atoms with Crippen molar-refractivity contribution in [2.75, 3.05) is 0 Å². The molecule has 0 spiro atoms. The minimum absolute atomic E-state index is 0.0424. The predicted molar refractivity (Wildman–Crippen MR) is 84.3 cm³/mol. The molecule has 0 amide bonds. The Hall–Kier alpha value is -1.62. The molecular weight excluding hydrogens is 336 g/mol. The number of carbonyl (C=O) groups excluding carboxylic acids is 2. The van der Waals surface area contributed by atoms with E-state index in [9.17, 15) is 9.59 Å². The molecule has 5 heteroatoms. The maximum atomic E-state index is 11.2. The molecule has 0 saturated carbocycles. The second-order valence-electron chi connectivity index (χ2n) is 4.87. The number of hydrogen-bond donors (Lipinski definition) is 0. The van der Waals surface area contributed by atoms with Gasteiger partial charge in [0.25, 0.3) is 6.29 Å². The van der Waals surface area contributed by atoms with Crippen LogP contribution in [0.1, 0.15) is 33.3 Å². The lowest BCUT2D eigenvalue weighted by Crippen LogP contribution is -2.26. The van der Waals surface area contributed by atoms with Gasteiger partial charge in [0.15, 0.2) is 0 Å². The Labute approximate surface area is 133 Å². The quantitative estimate of drug-likeness (QED) is 0.593. The van der Waals surface area contributed by atoms with Gasteiger partial charge >= 0.3 is 11.9 Å². The molecule has 4 nitrogen and oxygen atoms in total. The smallest absolute Gasteiger partial charge is 0.305 e. The fraction of sp³-hybridized carbons (Fsp3) is 0.375. The van der Waals surface area contributed by atoms with E-state index in [1.54, 1.807) is 0 Å². The van der Waals surface area contributed by atoms with Crippen LogP contribution in [0.5, 0.6) is 0 Å². The molecule has 0 fully saturated rings. The van der Waals surface area contributed by atoms with Crippen LogP contribution in [-0.4, -0.2) is 18.2 Å². The molecule has 0 N–H and O–H groups in total.